The van der Waals surface area contributed by atoms with Crippen LogP contribution in [-0.2, 0) is 6.54 Å². The van der Waals surface area contributed by atoms with Crippen LogP contribution in [0.5, 0.6) is 0 Å². The van der Waals surface area contributed by atoms with E-state index in [1.54, 1.807) is 12.1 Å². The van der Waals surface area contributed by atoms with Crippen molar-refractivity contribution in [2.45, 2.75) is 37.9 Å². The summed E-state index contributed by atoms with van der Waals surface area (Å²) >= 11 is 3.40. The molecule has 114 valence electrons. The van der Waals surface area contributed by atoms with Crippen LogP contribution >= 0.6 is 15.9 Å². The van der Waals surface area contributed by atoms with Gasteiger partial charge in [0.25, 0.3) is 5.69 Å². The SMILES string of the molecule is CN1C2CCC1CN(Cc1cccc([N+](=O)[O-])c1Br)CC2. The van der Waals surface area contributed by atoms with E-state index in [0.717, 1.165) is 25.2 Å². The number of nitrogens with zero attached hydrogens (tertiary/aromatic N) is 3. The molecule has 2 bridgehead atoms. The number of hydrogen-bond acceptors (Lipinski definition) is 4. The Hall–Kier alpha value is -0.980. The molecule has 0 aromatic heterocycles. The fraction of sp³-hybridized carbons (Fsp3) is 0.600. The molecule has 2 unspecified atom stereocenters. The van der Waals surface area contributed by atoms with E-state index in [2.05, 4.69) is 32.8 Å². The van der Waals surface area contributed by atoms with Crippen LogP contribution in [-0.4, -0.2) is 46.9 Å². The minimum atomic E-state index is -0.328. The normalized spacial score (nSPS) is 26.8. The van der Waals surface area contributed by atoms with Gasteiger partial charge in [0.05, 0.1) is 9.40 Å². The van der Waals surface area contributed by atoms with Crippen molar-refractivity contribution in [3.05, 3.63) is 38.3 Å². The Morgan fingerprint density at radius 2 is 2.10 bits per heavy atom. The Kier molecular flexibility index (Phi) is 4.28. The fourth-order valence-electron chi connectivity index (χ4n) is 3.59. The lowest BCUT2D eigenvalue weighted by molar-refractivity contribution is -0.385. The van der Waals surface area contributed by atoms with Crippen molar-refractivity contribution in [3.8, 4) is 0 Å². The number of rotatable bonds is 3. The van der Waals surface area contributed by atoms with E-state index in [4.69, 9.17) is 0 Å². The number of benzene rings is 1. The van der Waals surface area contributed by atoms with Crippen LogP contribution in [0.3, 0.4) is 0 Å². The van der Waals surface area contributed by atoms with E-state index in [1.807, 2.05) is 6.07 Å². The maximum absolute atomic E-state index is 11.0. The molecule has 1 aromatic rings. The van der Waals surface area contributed by atoms with Crippen molar-refractivity contribution in [2.75, 3.05) is 20.1 Å². The third kappa shape index (κ3) is 2.98. The molecule has 2 atom stereocenters. The minimum absolute atomic E-state index is 0.154. The number of hydrogen-bond donors (Lipinski definition) is 0. The van der Waals surface area contributed by atoms with Crippen LogP contribution in [0.4, 0.5) is 5.69 Å². The standard InChI is InChI=1S/C15H20BrN3O2/c1-17-12-5-6-13(17)10-18(8-7-12)9-11-3-2-4-14(15(11)16)19(20)21/h2-4,12-13H,5-10H2,1H3. The zero-order valence-electron chi connectivity index (χ0n) is 12.2. The van der Waals surface area contributed by atoms with Gasteiger partial charge in [0.2, 0.25) is 0 Å². The summed E-state index contributed by atoms with van der Waals surface area (Å²) in [6.45, 7) is 2.90. The van der Waals surface area contributed by atoms with Crippen LogP contribution in [0.25, 0.3) is 0 Å². The van der Waals surface area contributed by atoms with Gasteiger partial charge in [-0.15, -0.1) is 0 Å². The Morgan fingerprint density at radius 1 is 1.33 bits per heavy atom. The van der Waals surface area contributed by atoms with Gasteiger partial charge in [-0.1, -0.05) is 12.1 Å². The molecule has 0 spiro atoms. The van der Waals surface area contributed by atoms with E-state index in [1.165, 1.54) is 19.3 Å². The number of nitro benzene ring substituents is 1. The summed E-state index contributed by atoms with van der Waals surface area (Å²) in [5, 5.41) is 11.0. The predicted octanol–water partition coefficient (Wildman–Crippen LogP) is 3.03. The molecule has 6 heteroatoms. The molecule has 1 aromatic carbocycles. The van der Waals surface area contributed by atoms with Crippen molar-refractivity contribution in [3.63, 3.8) is 0 Å². The van der Waals surface area contributed by atoms with E-state index >= 15 is 0 Å². The van der Waals surface area contributed by atoms with Gasteiger partial charge in [-0.05, 0) is 47.8 Å². The monoisotopic (exact) mass is 353 g/mol. The molecule has 3 rings (SSSR count). The highest BCUT2D eigenvalue weighted by Crippen LogP contribution is 2.32. The van der Waals surface area contributed by atoms with Gasteiger partial charge in [0, 0.05) is 37.8 Å². The van der Waals surface area contributed by atoms with Gasteiger partial charge in [-0.25, -0.2) is 0 Å². The molecule has 0 saturated carbocycles. The van der Waals surface area contributed by atoms with Crippen LogP contribution in [0, 0.1) is 10.1 Å². The van der Waals surface area contributed by atoms with Gasteiger partial charge in [0.1, 0.15) is 0 Å². The van der Waals surface area contributed by atoms with E-state index in [0.29, 0.717) is 16.6 Å². The van der Waals surface area contributed by atoms with Crippen molar-refractivity contribution >= 4 is 21.6 Å². The summed E-state index contributed by atoms with van der Waals surface area (Å²) < 4.78 is 0.623. The summed E-state index contributed by atoms with van der Waals surface area (Å²) in [5.41, 5.74) is 1.16. The van der Waals surface area contributed by atoms with Gasteiger partial charge >= 0.3 is 0 Å². The molecule has 2 heterocycles. The van der Waals surface area contributed by atoms with E-state index < -0.39 is 0 Å². The highest BCUT2D eigenvalue weighted by molar-refractivity contribution is 9.10. The zero-order valence-corrected chi connectivity index (χ0v) is 13.8. The maximum atomic E-state index is 11.0. The number of likely N-dealkylation sites (N-methyl/N-ethyl adjacent to an activating group) is 1. The first kappa shape index (κ1) is 14.9. The Morgan fingerprint density at radius 3 is 2.86 bits per heavy atom. The summed E-state index contributed by atoms with van der Waals surface area (Å²) in [7, 11) is 2.23. The van der Waals surface area contributed by atoms with Gasteiger partial charge in [-0.3, -0.25) is 19.9 Å². The second-order valence-electron chi connectivity index (χ2n) is 6.08. The largest absolute Gasteiger partial charge is 0.299 e. The Balaban J connectivity index is 1.75. The van der Waals surface area contributed by atoms with Gasteiger partial charge < -0.3 is 0 Å². The number of nitro groups is 1. The molecule has 21 heavy (non-hydrogen) atoms. The highest BCUT2D eigenvalue weighted by atomic mass is 79.9. The molecule has 2 saturated heterocycles. The Labute approximate surface area is 133 Å². The molecular formula is C15H20BrN3O2. The number of fused-ring (bicyclic) bond motifs is 2. The Bertz CT molecular complexity index is 552. The molecule has 2 fully saturated rings. The first-order valence-electron chi connectivity index (χ1n) is 7.42. The van der Waals surface area contributed by atoms with Crippen LogP contribution in [0.1, 0.15) is 24.8 Å². The topological polar surface area (TPSA) is 49.6 Å². The molecule has 2 aliphatic heterocycles. The fourth-order valence-corrected chi connectivity index (χ4v) is 4.13. The molecule has 0 amide bonds. The number of likely N-dealkylation sites (tertiary alicyclic amines) is 1. The maximum Gasteiger partial charge on any atom is 0.283 e. The van der Waals surface area contributed by atoms with Crippen molar-refractivity contribution in [1.29, 1.82) is 0 Å². The van der Waals surface area contributed by atoms with E-state index in [-0.39, 0.29) is 10.6 Å². The molecule has 2 aliphatic rings. The lowest BCUT2D eigenvalue weighted by Gasteiger charge is -2.26. The smallest absolute Gasteiger partial charge is 0.283 e. The zero-order chi connectivity index (χ0) is 15.0. The average Bonchev–Trinajstić information content (AvgIpc) is 2.68. The van der Waals surface area contributed by atoms with Crippen molar-refractivity contribution in [1.82, 2.24) is 9.80 Å². The first-order chi connectivity index (χ1) is 10.1. The first-order valence-corrected chi connectivity index (χ1v) is 8.21. The highest BCUT2D eigenvalue weighted by Gasteiger charge is 2.34. The second kappa shape index (κ2) is 6.02. The predicted molar refractivity (Wildman–Crippen MR) is 85.3 cm³/mol. The van der Waals surface area contributed by atoms with Crippen molar-refractivity contribution in [2.24, 2.45) is 0 Å². The van der Waals surface area contributed by atoms with Crippen LogP contribution < -0.4 is 0 Å². The molecule has 0 aliphatic carbocycles. The summed E-state index contributed by atoms with van der Waals surface area (Å²) in [4.78, 5) is 15.6. The lowest BCUT2D eigenvalue weighted by atomic mass is 10.1. The van der Waals surface area contributed by atoms with Gasteiger partial charge in [0.15, 0.2) is 0 Å². The van der Waals surface area contributed by atoms with E-state index in [9.17, 15) is 10.1 Å². The lowest BCUT2D eigenvalue weighted by Crippen LogP contribution is -2.36. The minimum Gasteiger partial charge on any atom is -0.299 e. The van der Waals surface area contributed by atoms with Crippen LogP contribution in [0.15, 0.2) is 22.7 Å². The molecule has 0 radical (unpaired) electrons. The third-order valence-electron chi connectivity index (χ3n) is 4.88. The molecule has 0 N–H and O–H groups in total. The van der Waals surface area contributed by atoms with Crippen molar-refractivity contribution < 1.29 is 4.92 Å². The average molecular weight is 354 g/mol. The van der Waals surface area contributed by atoms with Crippen LogP contribution in [0.2, 0.25) is 0 Å². The quantitative estimate of drug-likeness (QED) is 0.619. The summed E-state index contributed by atoms with van der Waals surface area (Å²) in [5.74, 6) is 0. The second-order valence-corrected chi connectivity index (χ2v) is 6.87. The molecular weight excluding hydrogens is 334 g/mol. The summed E-state index contributed by atoms with van der Waals surface area (Å²) in [6.07, 6.45) is 3.78. The third-order valence-corrected chi connectivity index (χ3v) is 5.80. The number of halogens is 1. The molecule has 5 nitrogen and oxygen atoms in total. The summed E-state index contributed by atoms with van der Waals surface area (Å²) in [6, 6.07) is 6.65. The van der Waals surface area contributed by atoms with Gasteiger partial charge in [-0.2, -0.15) is 0 Å².